The third-order valence-corrected chi connectivity index (χ3v) is 10.1. The van der Waals surface area contributed by atoms with Crippen molar-refractivity contribution < 1.29 is 40.6 Å². The molecular formula is C35H44F6O3. The number of rotatable bonds is 10. The van der Waals surface area contributed by atoms with Gasteiger partial charge >= 0.3 is 12.3 Å². The van der Waals surface area contributed by atoms with Crippen molar-refractivity contribution in [2.45, 2.75) is 103 Å². The van der Waals surface area contributed by atoms with Crippen LogP contribution in [0, 0.1) is 35.4 Å². The molecule has 0 N–H and O–H groups in total. The average molecular weight is 627 g/mol. The third kappa shape index (κ3) is 8.31. The highest BCUT2D eigenvalue weighted by molar-refractivity contribution is 5.65. The summed E-state index contributed by atoms with van der Waals surface area (Å²) in [5, 5.41) is 0. The first-order valence-electron chi connectivity index (χ1n) is 16.3. The molecule has 3 aliphatic rings. The minimum Gasteiger partial charge on any atom is -0.432 e. The lowest BCUT2D eigenvalue weighted by Gasteiger charge is -2.41. The molecule has 0 atom stereocenters. The molecule has 5 rings (SSSR count). The minimum atomic E-state index is -4.51. The number of benzene rings is 2. The monoisotopic (exact) mass is 626 g/mol. The van der Waals surface area contributed by atoms with Crippen molar-refractivity contribution in [1.82, 2.24) is 0 Å². The van der Waals surface area contributed by atoms with Crippen LogP contribution in [0.4, 0.5) is 26.3 Å². The van der Waals surface area contributed by atoms with Crippen molar-refractivity contribution >= 4 is 0 Å². The fourth-order valence-corrected chi connectivity index (χ4v) is 7.31. The van der Waals surface area contributed by atoms with Gasteiger partial charge in [0.15, 0.2) is 6.29 Å². The lowest BCUT2D eigenvalue weighted by atomic mass is 9.74. The van der Waals surface area contributed by atoms with Crippen LogP contribution in [0.3, 0.4) is 0 Å². The largest absolute Gasteiger partial charge is 0.432 e. The summed E-state index contributed by atoms with van der Waals surface area (Å²) in [6.07, 6.45) is 3.50. The van der Waals surface area contributed by atoms with E-state index in [1.807, 2.05) is 0 Å². The van der Waals surface area contributed by atoms with Crippen LogP contribution in [-0.2, 0) is 15.7 Å². The fraction of sp³-hybridized carbons (Fsp3) is 0.657. The second-order valence-corrected chi connectivity index (χ2v) is 13.1. The Hall–Kier alpha value is -2.26. The molecule has 0 unspecified atom stereocenters. The Bertz CT molecular complexity index is 1180. The molecule has 0 aromatic heterocycles. The number of hydrogen-bond acceptors (Lipinski definition) is 3. The molecule has 1 heterocycles. The molecule has 2 saturated carbocycles. The predicted molar refractivity (Wildman–Crippen MR) is 157 cm³/mol. The van der Waals surface area contributed by atoms with Crippen LogP contribution < -0.4 is 4.74 Å². The maximum Gasteiger partial charge on any atom is 0.416 e. The first kappa shape index (κ1) is 33.1. The van der Waals surface area contributed by atoms with Crippen molar-refractivity contribution in [2.75, 3.05) is 13.2 Å². The summed E-state index contributed by atoms with van der Waals surface area (Å²) in [6, 6.07) is 7.31. The highest BCUT2D eigenvalue weighted by Crippen LogP contribution is 2.44. The maximum atomic E-state index is 15.1. The fourth-order valence-electron chi connectivity index (χ4n) is 7.31. The number of halogens is 6. The summed E-state index contributed by atoms with van der Waals surface area (Å²) in [5.74, 6) is -0.254. The summed E-state index contributed by atoms with van der Waals surface area (Å²) in [5.41, 5.74) is -0.650. The zero-order valence-electron chi connectivity index (χ0n) is 25.4. The lowest BCUT2D eigenvalue weighted by molar-refractivity contribution is -0.251. The molecule has 1 aliphatic heterocycles. The third-order valence-electron chi connectivity index (χ3n) is 10.1. The lowest BCUT2D eigenvalue weighted by Crippen LogP contribution is -2.43. The Balaban J connectivity index is 1.06. The zero-order valence-corrected chi connectivity index (χ0v) is 25.4. The van der Waals surface area contributed by atoms with Gasteiger partial charge in [0.25, 0.3) is 0 Å². The normalized spacial score (nSPS) is 28.5. The van der Waals surface area contributed by atoms with Gasteiger partial charge in [-0.3, -0.25) is 0 Å². The molecule has 2 aromatic carbocycles. The number of hydrogen-bond donors (Lipinski definition) is 0. The van der Waals surface area contributed by atoms with Crippen LogP contribution in [-0.4, -0.2) is 25.6 Å². The molecule has 3 nitrogen and oxygen atoms in total. The van der Waals surface area contributed by atoms with Crippen LogP contribution in [0.1, 0.15) is 89.5 Å². The number of alkyl halides is 5. The van der Waals surface area contributed by atoms with Crippen LogP contribution in [0.2, 0.25) is 0 Å². The van der Waals surface area contributed by atoms with E-state index in [0.717, 1.165) is 36.2 Å². The van der Waals surface area contributed by atoms with Crippen molar-refractivity contribution in [3.05, 3.63) is 53.8 Å². The quantitative estimate of drug-likeness (QED) is 0.194. The van der Waals surface area contributed by atoms with Crippen LogP contribution in [0.25, 0.3) is 11.1 Å². The van der Waals surface area contributed by atoms with E-state index in [1.165, 1.54) is 63.5 Å². The Kier molecular flexibility index (Phi) is 10.9. The summed E-state index contributed by atoms with van der Waals surface area (Å²) < 4.78 is 101. The van der Waals surface area contributed by atoms with E-state index in [9.17, 15) is 17.6 Å². The van der Waals surface area contributed by atoms with Crippen molar-refractivity contribution in [1.29, 1.82) is 0 Å². The standard InChI is InChI=1S/C35H44F6O3/c1-2-3-4-5-23-6-8-24(9-7-23)27-21-42-33(43-22-27)26-12-16-29(17-13-26)35(40,41)44-30-18-19-31(32(36)20-30)25-10-14-28(15-11-25)34(37,38)39/h10-11,14-15,18-20,23-24,26-27,29,33H,2-9,12-13,16-17,21-22H2,1H3. The van der Waals surface area contributed by atoms with Gasteiger partial charge in [0.05, 0.1) is 24.7 Å². The van der Waals surface area contributed by atoms with Gasteiger partial charge in [-0.05, 0) is 80.2 Å². The van der Waals surface area contributed by atoms with Gasteiger partial charge in [0, 0.05) is 23.5 Å². The van der Waals surface area contributed by atoms with E-state index in [4.69, 9.17) is 14.2 Å². The first-order valence-corrected chi connectivity index (χ1v) is 16.3. The Morgan fingerprint density at radius 3 is 1.98 bits per heavy atom. The molecule has 0 radical (unpaired) electrons. The van der Waals surface area contributed by atoms with Crippen LogP contribution in [0.5, 0.6) is 5.75 Å². The molecule has 2 aliphatic carbocycles. The molecule has 2 aromatic rings. The van der Waals surface area contributed by atoms with Crippen molar-refractivity contribution in [2.24, 2.45) is 29.6 Å². The summed E-state index contributed by atoms with van der Waals surface area (Å²) in [6.45, 7) is 3.58. The molecule has 9 heteroatoms. The van der Waals surface area contributed by atoms with Gasteiger partial charge in [-0.2, -0.15) is 22.0 Å². The Morgan fingerprint density at radius 2 is 1.39 bits per heavy atom. The molecule has 44 heavy (non-hydrogen) atoms. The Labute approximate surface area is 256 Å². The van der Waals surface area contributed by atoms with Crippen LogP contribution >= 0.6 is 0 Å². The second-order valence-electron chi connectivity index (χ2n) is 13.1. The van der Waals surface area contributed by atoms with Gasteiger partial charge in [-0.15, -0.1) is 0 Å². The number of ether oxygens (including phenoxy) is 3. The molecule has 0 amide bonds. The summed E-state index contributed by atoms with van der Waals surface area (Å²) in [7, 11) is 0. The maximum absolute atomic E-state index is 15.1. The summed E-state index contributed by atoms with van der Waals surface area (Å²) in [4.78, 5) is 0. The highest BCUT2D eigenvalue weighted by atomic mass is 19.4. The first-order chi connectivity index (χ1) is 21.0. The number of unbranched alkanes of at least 4 members (excludes halogenated alkanes) is 2. The summed E-state index contributed by atoms with van der Waals surface area (Å²) >= 11 is 0. The van der Waals surface area contributed by atoms with E-state index in [1.54, 1.807) is 0 Å². The molecule has 0 bridgehead atoms. The van der Waals surface area contributed by atoms with Gasteiger partial charge in [0.1, 0.15) is 11.6 Å². The van der Waals surface area contributed by atoms with Crippen molar-refractivity contribution in [3.8, 4) is 16.9 Å². The Morgan fingerprint density at radius 1 is 0.750 bits per heavy atom. The SMILES string of the molecule is CCCCCC1CCC(C2COC(C3CCC(C(F)(F)Oc4ccc(-c5ccc(C(F)(F)F)cc5)c(F)c4)CC3)OC2)CC1. The molecule has 244 valence electrons. The molecule has 1 saturated heterocycles. The van der Waals surface area contributed by atoms with Crippen LogP contribution in [0.15, 0.2) is 42.5 Å². The van der Waals surface area contributed by atoms with E-state index >= 15 is 8.78 Å². The van der Waals surface area contributed by atoms with E-state index < -0.39 is 29.6 Å². The second kappa shape index (κ2) is 14.4. The van der Waals surface area contributed by atoms with E-state index in [2.05, 4.69) is 6.92 Å². The van der Waals surface area contributed by atoms with Gasteiger partial charge in [0.2, 0.25) is 0 Å². The molecule has 0 spiro atoms. The molecular weight excluding hydrogens is 582 g/mol. The zero-order chi connectivity index (χ0) is 31.3. The van der Waals surface area contributed by atoms with E-state index in [-0.39, 0.29) is 41.9 Å². The topological polar surface area (TPSA) is 27.7 Å². The average Bonchev–Trinajstić information content (AvgIpc) is 3.01. The predicted octanol–water partition coefficient (Wildman–Crippen LogP) is 10.7. The van der Waals surface area contributed by atoms with Crippen molar-refractivity contribution in [3.63, 3.8) is 0 Å². The van der Waals surface area contributed by atoms with Gasteiger partial charge < -0.3 is 14.2 Å². The van der Waals surface area contributed by atoms with E-state index in [0.29, 0.717) is 37.9 Å². The van der Waals surface area contributed by atoms with Gasteiger partial charge in [-0.25, -0.2) is 4.39 Å². The highest BCUT2D eigenvalue weighted by Gasteiger charge is 2.46. The smallest absolute Gasteiger partial charge is 0.416 e. The molecule has 3 fully saturated rings. The van der Waals surface area contributed by atoms with Gasteiger partial charge in [-0.1, -0.05) is 57.6 Å². The minimum absolute atomic E-state index is 0.000268.